The first-order chi connectivity index (χ1) is 14.1. The third-order valence-electron chi connectivity index (χ3n) is 4.96. The third kappa shape index (κ3) is 4.91. The highest BCUT2D eigenvalue weighted by Gasteiger charge is 2.30. The molecule has 0 aromatic heterocycles. The van der Waals surface area contributed by atoms with Gasteiger partial charge in [0.25, 0.3) is 0 Å². The molecule has 0 aliphatic carbocycles. The van der Waals surface area contributed by atoms with Crippen LogP contribution in [0.15, 0.2) is 45.8 Å². The van der Waals surface area contributed by atoms with Crippen molar-refractivity contribution in [2.75, 3.05) is 16.8 Å². The van der Waals surface area contributed by atoms with Gasteiger partial charge in [0, 0.05) is 36.1 Å². The van der Waals surface area contributed by atoms with E-state index in [2.05, 4.69) is 26.0 Å². The van der Waals surface area contributed by atoms with Gasteiger partial charge in [0.15, 0.2) is 0 Å². The first-order valence-electron chi connectivity index (χ1n) is 9.57. The summed E-state index contributed by atoms with van der Waals surface area (Å²) >= 11 is 3.40. The quantitative estimate of drug-likeness (QED) is 0.644. The van der Waals surface area contributed by atoms with Gasteiger partial charge in [0.2, 0.25) is 21.8 Å². The molecule has 0 fully saturated rings. The average molecular weight is 494 g/mol. The van der Waals surface area contributed by atoms with Crippen LogP contribution in [0.25, 0.3) is 0 Å². The maximum absolute atomic E-state index is 12.6. The van der Waals surface area contributed by atoms with Crippen LogP contribution in [0.5, 0.6) is 0 Å². The number of carbonyl (C=O) groups excluding carboxylic acids is 2. The van der Waals surface area contributed by atoms with E-state index in [0.29, 0.717) is 12.1 Å². The minimum atomic E-state index is -3.76. The van der Waals surface area contributed by atoms with Crippen LogP contribution in [0.4, 0.5) is 11.4 Å². The minimum Gasteiger partial charge on any atom is -0.325 e. The van der Waals surface area contributed by atoms with Crippen LogP contribution in [0.3, 0.4) is 0 Å². The molecule has 3 rings (SSSR count). The lowest BCUT2D eigenvalue weighted by Gasteiger charge is -2.20. The van der Waals surface area contributed by atoms with E-state index in [1.54, 1.807) is 23.1 Å². The number of hydrogen-bond acceptors (Lipinski definition) is 4. The Hall–Kier alpha value is -2.23. The van der Waals surface area contributed by atoms with Gasteiger partial charge in [0.1, 0.15) is 0 Å². The Morgan fingerprint density at radius 2 is 1.93 bits per heavy atom. The van der Waals surface area contributed by atoms with Gasteiger partial charge in [-0.05, 0) is 77.7 Å². The molecule has 0 radical (unpaired) electrons. The second kappa shape index (κ2) is 8.87. The molecule has 2 aromatic rings. The fourth-order valence-electron chi connectivity index (χ4n) is 3.57. The molecule has 0 saturated carbocycles. The molecule has 0 unspecified atom stereocenters. The number of amides is 2. The Balaban J connectivity index is 1.61. The fraction of sp³-hybridized carbons (Fsp3) is 0.333. The lowest BCUT2D eigenvalue weighted by molar-refractivity contribution is -0.117. The van der Waals surface area contributed by atoms with Crippen molar-refractivity contribution in [1.82, 2.24) is 4.72 Å². The maximum atomic E-state index is 12.6. The summed E-state index contributed by atoms with van der Waals surface area (Å²) < 4.78 is 28.5. The number of aryl methyl sites for hydroxylation is 1. The number of fused-ring (bicyclic) bond motifs is 1. The lowest BCUT2D eigenvalue weighted by Crippen LogP contribution is -2.33. The van der Waals surface area contributed by atoms with Crippen molar-refractivity contribution in [3.05, 3.63) is 52.0 Å². The van der Waals surface area contributed by atoms with Crippen molar-refractivity contribution in [2.45, 2.75) is 44.6 Å². The summed E-state index contributed by atoms with van der Waals surface area (Å²) in [5.74, 6) is -0.358. The Morgan fingerprint density at radius 1 is 1.20 bits per heavy atom. The van der Waals surface area contributed by atoms with Crippen LogP contribution < -0.4 is 14.9 Å². The molecule has 2 amide bonds. The molecule has 1 aliphatic rings. The predicted molar refractivity (Wildman–Crippen MR) is 120 cm³/mol. The molecular formula is C21H24BrN3O4S. The van der Waals surface area contributed by atoms with Gasteiger partial charge in [-0.3, -0.25) is 9.59 Å². The molecule has 1 heterocycles. The molecule has 0 bridgehead atoms. The van der Waals surface area contributed by atoms with Gasteiger partial charge in [-0.15, -0.1) is 0 Å². The smallest absolute Gasteiger partial charge is 0.240 e. The van der Waals surface area contributed by atoms with Gasteiger partial charge in [0.05, 0.1) is 10.6 Å². The summed E-state index contributed by atoms with van der Waals surface area (Å²) in [5, 5.41) is 2.76. The van der Waals surface area contributed by atoms with Crippen LogP contribution >= 0.6 is 15.9 Å². The van der Waals surface area contributed by atoms with Gasteiger partial charge >= 0.3 is 0 Å². The molecule has 9 heteroatoms. The van der Waals surface area contributed by atoms with Crippen LogP contribution in [0.2, 0.25) is 0 Å². The number of carbonyl (C=O) groups is 2. The van der Waals surface area contributed by atoms with Crippen LogP contribution in [0.1, 0.15) is 31.4 Å². The predicted octanol–water partition coefficient (Wildman–Crippen LogP) is 3.36. The molecule has 2 aromatic carbocycles. The number of halogens is 1. The number of nitrogens with one attached hydrogen (secondary N) is 2. The van der Waals surface area contributed by atoms with E-state index in [9.17, 15) is 18.0 Å². The van der Waals surface area contributed by atoms with Gasteiger partial charge < -0.3 is 10.2 Å². The van der Waals surface area contributed by atoms with E-state index in [4.69, 9.17) is 0 Å². The summed E-state index contributed by atoms with van der Waals surface area (Å²) in [5.41, 5.74) is 3.26. The van der Waals surface area contributed by atoms with Crippen molar-refractivity contribution in [2.24, 2.45) is 0 Å². The number of nitrogens with zero attached hydrogens (tertiary/aromatic N) is 1. The summed E-state index contributed by atoms with van der Waals surface area (Å²) in [4.78, 5) is 25.8. The highest BCUT2D eigenvalue weighted by Crippen LogP contribution is 2.33. The van der Waals surface area contributed by atoms with Crippen molar-refractivity contribution < 1.29 is 18.0 Å². The largest absolute Gasteiger partial charge is 0.325 e. The molecule has 2 N–H and O–H groups in total. The number of sulfonamides is 1. The minimum absolute atomic E-state index is 0.000362. The van der Waals surface area contributed by atoms with E-state index >= 15 is 0 Å². The Labute approximate surface area is 185 Å². The first-order valence-corrected chi connectivity index (χ1v) is 11.8. The van der Waals surface area contributed by atoms with E-state index in [1.807, 2.05) is 26.0 Å². The molecule has 7 nitrogen and oxygen atoms in total. The summed E-state index contributed by atoms with van der Waals surface area (Å²) in [6.07, 6.45) is 0.603. The zero-order valence-electron chi connectivity index (χ0n) is 17.0. The summed E-state index contributed by atoms with van der Waals surface area (Å²) in [7, 11) is -3.76. The van der Waals surface area contributed by atoms with Crippen molar-refractivity contribution >= 4 is 49.1 Å². The highest BCUT2D eigenvalue weighted by atomic mass is 79.9. The molecule has 30 heavy (non-hydrogen) atoms. The van der Waals surface area contributed by atoms with E-state index in [1.165, 1.54) is 13.0 Å². The normalized spacial score (nSPS) is 15.7. The monoisotopic (exact) mass is 493 g/mol. The maximum Gasteiger partial charge on any atom is 0.240 e. The van der Waals surface area contributed by atoms with E-state index in [-0.39, 0.29) is 35.7 Å². The summed E-state index contributed by atoms with van der Waals surface area (Å²) in [6, 6.07) is 10.3. The zero-order chi connectivity index (χ0) is 22.1. The zero-order valence-corrected chi connectivity index (χ0v) is 19.4. The van der Waals surface area contributed by atoms with Crippen molar-refractivity contribution in [3.8, 4) is 0 Å². The number of rotatable bonds is 6. The second-order valence-electron chi connectivity index (χ2n) is 7.41. The molecule has 160 valence electrons. The van der Waals surface area contributed by atoms with Crippen molar-refractivity contribution in [3.63, 3.8) is 0 Å². The summed E-state index contributed by atoms with van der Waals surface area (Å²) in [6.45, 7) is 5.35. The van der Waals surface area contributed by atoms with Crippen molar-refractivity contribution in [1.29, 1.82) is 0 Å². The molecule has 0 spiro atoms. The van der Waals surface area contributed by atoms with Crippen LogP contribution in [0, 0.1) is 6.92 Å². The molecule has 1 atom stereocenters. The number of benzene rings is 2. The Morgan fingerprint density at radius 3 is 2.60 bits per heavy atom. The Bertz CT molecular complexity index is 1100. The SMILES string of the molecule is CC(=O)N1c2ccc(S(=O)(=O)NCCC(=O)Nc3ccc(C)cc3Br)cc2C[C@H]1C. The van der Waals surface area contributed by atoms with Gasteiger partial charge in [-0.2, -0.15) is 0 Å². The lowest BCUT2D eigenvalue weighted by atomic mass is 10.1. The number of hydrogen-bond donors (Lipinski definition) is 2. The fourth-order valence-corrected chi connectivity index (χ4v) is 5.25. The van der Waals surface area contributed by atoms with Crippen LogP contribution in [-0.2, 0) is 26.0 Å². The molecular weight excluding hydrogens is 470 g/mol. The topological polar surface area (TPSA) is 95.6 Å². The number of anilines is 2. The first kappa shape index (κ1) is 22.5. The van der Waals surface area contributed by atoms with Gasteiger partial charge in [-0.25, -0.2) is 13.1 Å². The molecule has 0 saturated heterocycles. The van der Waals surface area contributed by atoms with Crippen LogP contribution in [-0.4, -0.2) is 32.8 Å². The average Bonchev–Trinajstić information content (AvgIpc) is 2.99. The van der Waals surface area contributed by atoms with E-state index < -0.39 is 10.0 Å². The van der Waals surface area contributed by atoms with E-state index in [0.717, 1.165) is 21.3 Å². The molecule has 1 aliphatic heterocycles. The third-order valence-corrected chi connectivity index (χ3v) is 7.07. The highest BCUT2D eigenvalue weighted by molar-refractivity contribution is 9.10. The second-order valence-corrected chi connectivity index (χ2v) is 10.0. The standard InChI is InChI=1S/C21H24BrN3O4S/c1-13-4-6-19(18(22)10-13)24-21(27)8-9-23-30(28,29)17-5-7-20-16(12-17)11-14(2)25(20)15(3)26/h4-7,10,12,14,23H,8-9,11H2,1-3H3,(H,24,27)/t14-/m1/s1. The van der Waals surface area contributed by atoms with Gasteiger partial charge in [-0.1, -0.05) is 6.07 Å². The Kier molecular flexibility index (Phi) is 6.64.